The largest absolute Gasteiger partial charge is 0.440 e. The molecule has 0 bridgehead atoms. The van der Waals surface area contributed by atoms with Crippen LogP contribution < -0.4 is 5.32 Å². The van der Waals surface area contributed by atoms with Gasteiger partial charge in [0.15, 0.2) is 11.5 Å². The number of nitrogens with one attached hydrogen (secondary N) is 1. The van der Waals surface area contributed by atoms with Crippen LogP contribution >= 0.6 is 0 Å². The second-order valence-corrected chi connectivity index (χ2v) is 7.44. The van der Waals surface area contributed by atoms with Crippen molar-refractivity contribution in [3.05, 3.63) is 65.0 Å². The Morgan fingerprint density at radius 3 is 2.85 bits per heavy atom. The lowest BCUT2D eigenvalue weighted by Gasteiger charge is -2.11. The highest BCUT2D eigenvalue weighted by Gasteiger charge is 2.27. The molecule has 0 radical (unpaired) electrons. The minimum atomic E-state index is 0.0341. The molecule has 1 heterocycles. The molecule has 3 aromatic rings. The lowest BCUT2D eigenvalue weighted by molar-refractivity contribution is -0.118. The van der Waals surface area contributed by atoms with Gasteiger partial charge < -0.3 is 9.73 Å². The van der Waals surface area contributed by atoms with Crippen LogP contribution in [0.25, 0.3) is 11.1 Å². The molecule has 27 heavy (non-hydrogen) atoms. The zero-order valence-electron chi connectivity index (χ0n) is 15.8. The van der Waals surface area contributed by atoms with Crippen molar-refractivity contribution >= 4 is 17.0 Å². The molecule has 1 aromatic heterocycles. The summed E-state index contributed by atoms with van der Waals surface area (Å²) in [6.07, 6.45) is 6.09. The van der Waals surface area contributed by atoms with E-state index in [2.05, 4.69) is 41.7 Å². The number of aryl methyl sites for hydroxylation is 3. The highest BCUT2D eigenvalue weighted by molar-refractivity contribution is 5.79. The second-order valence-electron chi connectivity index (χ2n) is 7.44. The van der Waals surface area contributed by atoms with E-state index in [-0.39, 0.29) is 5.91 Å². The zero-order chi connectivity index (χ0) is 18.6. The molecule has 1 aliphatic carbocycles. The van der Waals surface area contributed by atoms with Crippen LogP contribution in [0.3, 0.4) is 0 Å². The minimum Gasteiger partial charge on any atom is -0.440 e. The first kappa shape index (κ1) is 17.8. The molecule has 0 aliphatic heterocycles. The minimum absolute atomic E-state index is 0.0341. The number of oxazole rings is 1. The van der Waals surface area contributed by atoms with Gasteiger partial charge in [-0.3, -0.25) is 4.79 Å². The summed E-state index contributed by atoms with van der Waals surface area (Å²) >= 11 is 0. The summed E-state index contributed by atoms with van der Waals surface area (Å²) in [5.41, 5.74) is 5.98. The van der Waals surface area contributed by atoms with E-state index in [0.717, 1.165) is 55.5 Å². The summed E-state index contributed by atoms with van der Waals surface area (Å²) in [4.78, 5) is 15.9. The van der Waals surface area contributed by atoms with E-state index in [4.69, 9.17) is 9.40 Å². The fourth-order valence-corrected chi connectivity index (χ4v) is 4.15. The Morgan fingerprint density at radius 1 is 1.19 bits per heavy atom. The first-order valence-corrected chi connectivity index (χ1v) is 9.90. The quantitative estimate of drug-likeness (QED) is 0.670. The molecule has 4 nitrogen and oxygen atoms in total. The number of hydrogen-bond acceptors (Lipinski definition) is 3. The first-order valence-electron chi connectivity index (χ1n) is 9.90. The number of carbonyl (C=O) groups is 1. The summed E-state index contributed by atoms with van der Waals surface area (Å²) in [5, 5.41) is 2.91. The van der Waals surface area contributed by atoms with E-state index in [1.54, 1.807) is 6.92 Å². The monoisotopic (exact) mass is 362 g/mol. The normalized spacial score (nSPS) is 15.8. The van der Waals surface area contributed by atoms with E-state index < -0.39 is 0 Å². The summed E-state index contributed by atoms with van der Waals surface area (Å²) in [7, 11) is 0. The highest BCUT2D eigenvalue weighted by atomic mass is 16.3. The van der Waals surface area contributed by atoms with Crippen molar-refractivity contribution in [1.29, 1.82) is 0 Å². The van der Waals surface area contributed by atoms with Crippen LogP contribution in [0.5, 0.6) is 0 Å². The van der Waals surface area contributed by atoms with Crippen molar-refractivity contribution in [2.45, 2.75) is 51.4 Å². The molecular weight excluding hydrogens is 336 g/mol. The van der Waals surface area contributed by atoms with Crippen LogP contribution in [-0.4, -0.2) is 17.4 Å². The zero-order valence-corrected chi connectivity index (χ0v) is 15.8. The molecule has 2 aromatic carbocycles. The van der Waals surface area contributed by atoms with Crippen molar-refractivity contribution in [3.63, 3.8) is 0 Å². The van der Waals surface area contributed by atoms with Gasteiger partial charge in [0, 0.05) is 25.5 Å². The van der Waals surface area contributed by atoms with Crippen LogP contribution in [0, 0.1) is 0 Å². The molecule has 140 valence electrons. The standard InChI is InChI=1S/C23H26N2O2/c1-16(26)24-15-14-19-11-10-18-12-13-20-23(22(18)19)27-21(25-20)9-5-8-17-6-3-2-4-7-17/h2-4,6-7,12-13,19H,5,8-11,14-15H2,1H3,(H,24,26). The van der Waals surface area contributed by atoms with Gasteiger partial charge in [0.05, 0.1) is 0 Å². The predicted octanol–water partition coefficient (Wildman–Crippen LogP) is 4.56. The Bertz CT molecular complexity index is 930. The van der Waals surface area contributed by atoms with Crippen LogP contribution in [-0.2, 0) is 24.1 Å². The molecule has 1 N–H and O–H groups in total. The van der Waals surface area contributed by atoms with Gasteiger partial charge in [0.2, 0.25) is 5.91 Å². The molecule has 0 saturated heterocycles. The number of hydrogen-bond donors (Lipinski definition) is 1. The van der Waals surface area contributed by atoms with Gasteiger partial charge in [-0.25, -0.2) is 4.98 Å². The average Bonchev–Trinajstić information content (AvgIpc) is 3.26. The number of benzene rings is 2. The maximum absolute atomic E-state index is 11.1. The average molecular weight is 362 g/mol. The molecule has 0 saturated carbocycles. The first-order chi connectivity index (χ1) is 13.2. The molecule has 0 fully saturated rings. The van der Waals surface area contributed by atoms with Crippen LogP contribution in [0.1, 0.15) is 54.7 Å². The molecule has 1 unspecified atom stereocenters. The lowest BCUT2D eigenvalue weighted by atomic mass is 9.97. The van der Waals surface area contributed by atoms with Crippen molar-refractivity contribution in [1.82, 2.24) is 10.3 Å². The number of aromatic nitrogens is 1. The Balaban J connectivity index is 1.47. The topological polar surface area (TPSA) is 55.1 Å². The van der Waals surface area contributed by atoms with Crippen molar-refractivity contribution in [2.24, 2.45) is 0 Å². The summed E-state index contributed by atoms with van der Waals surface area (Å²) < 4.78 is 6.21. The summed E-state index contributed by atoms with van der Waals surface area (Å²) in [5.74, 6) is 1.31. The van der Waals surface area contributed by atoms with Gasteiger partial charge >= 0.3 is 0 Å². The predicted molar refractivity (Wildman–Crippen MR) is 107 cm³/mol. The molecule has 1 atom stereocenters. The van der Waals surface area contributed by atoms with E-state index in [0.29, 0.717) is 12.5 Å². The Hall–Kier alpha value is -2.62. The van der Waals surface area contributed by atoms with Gasteiger partial charge in [-0.1, -0.05) is 36.4 Å². The molecule has 1 aliphatic rings. The second kappa shape index (κ2) is 7.95. The Kier molecular flexibility index (Phi) is 5.23. The van der Waals surface area contributed by atoms with Crippen molar-refractivity contribution < 1.29 is 9.21 Å². The van der Waals surface area contributed by atoms with E-state index in [1.807, 2.05) is 6.07 Å². The maximum atomic E-state index is 11.1. The highest BCUT2D eigenvalue weighted by Crippen LogP contribution is 2.40. The summed E-state index contributed by atoms with van der Waals surface area (Å²) in [6, 6.07) is 14.8. The third kappa shape index (κ3) is 4.05. The number of fused-ring (bicyclic) bond motifs is 3. The van der Waals surface area contributed by atoms with Crippen LogP contribution in [0.4, 0.5) is 0 Å². The molecule has 0 spiro atoms. The van der Waals surface area contributed by atoms with Gasteiger partial charge in [-0.15, -0.1) is 0 Å². The lowest BCUT2D eigenvalue weighted by Crippen LogP contribution is -2.22. The maximum Gasteiger partial charge on any atom is 0.216 e. The van der Waals surface area contributed by atoms with Gasteiger partial charge in [-0.05, 0) is 55.2 Å². The van der Waals surface area contributed by atoms with Gasteiger partial charge in [0.25, 0.3) is 0 Å². The van der Waals surface area contributed by atoms with E-state index in [1.165, 1.54) is 16.7 Å². The molecule has 4 rings (SSSR count). The smallest absolute Gasteiger partial charge is 0.216 e. The fraction of sp³-hybridized carbons (Fsp3) is 0.391. The summed E-state index contributed by atoms with van der Waals surface area (Å²) in [6.45, 7) is 2.28. The molecule has 4 heteroatoms. The number of carbonyl (C=O) groups excluding carboxylic acids is 1. The third-order valence-corrected chi connectivity index (χ3v) is 5.47. The van der Waals surface area contributed by atoms with Crippen molar-refractivity contribution in [3.8, 4) is 0 Å². The fourth-order valence-electron chi connectivity index (χ4n) is 4.15. The van der Waals surface area contributed by atoms with E-state index >= 15 is 0 Å². The Labute approximate surface area is 160 Å². The number of amides is 1. The van der Waals surface area contributed by atoms with Gasteiger partial charge in [0.1, 0.15) is 5.52 Å². The molecule has 1 amide bonds. The van der Waals surface area contributed by atoms with Gasteiger partial charge in [-0.2, -0.15) is 0 Å². The van der Waals surface area contributed by atoms with E-state index in [9.17, 15) is 4.79 Å². The van der Waals surface area contributed by atoms with Crippen LogP contribution in [0.15, 0.2) is 46.9 Å². The SMILES string of the molecule is CC(=O)NCCC1CCc2ccc3nc(CCCc4ccccc4)oc3c21. The number of rotatable bonds is 7. The van der Waals surface area contributed by atoms with Crippen LogP contribution in [0.2, 0.25) is 0 Å². The third-order valence-electron chi connectivity index (χ3n) is 5.47. The number of nitrogens with zero attached hydrogens (tertiary/aromatic N) is 1. The Morgan fingerprint density at radius 2 is 2.04 bits per heavy atom. The van der Waals surface area contributed by atoms with Crippen molar-refractivity contribution in [2.75, 3.05) is 6.54 Å². The molecular formula is C23H26N2O2.